The van der Waals surface area contributed by atoms with E-state index in [0.29, 0.717) is 0 Å². The average molecular weight is 159 g/mol. The van der Waals surface area contributed by atoms with Crippen LogP contribution in [0.3, 0.4) is 0 Å². The fourth-order valence-corrected chi connectivity index (χ4v) is 1.40. The van der Waals surface area contributed by atoms with Crippen molar-refractivity contribution < 1.29 is 9.84 Å². The summed E-state index contributed by atoms with van der Waals surface area (Å²) in [7, 11) is 0. The molecule has 11 heavy (non-hydrogen) atoms. The van der Waals surface area contributed by atoms with E-state index < -0.39 is 5.79 Å². The maximum Gasteiger partial charge on any atom is 0.165 e. The van der Waals surface area contributed by atoms with Gasteiger partial charge < -0.3 is 15.6 Å². The molecule has 1 rings (SSSR count). The zero-order valence-corrected chi connectivity index (χ0v) is 7.37. The summed E-state index contributed by atoms with van der Waals surface area (Å²) >= 11 is 0. The van der Waals surface area contributed by atoms with Crippen molar-refractivity contribution in [1.29, 1.82) is 0 Å². The van der Waals surface area contributed by atoms with Gasteiger partial charge in [0.2, 0.25) is 0 Å². The van der Waals surface area contributed by atoms with Crippen LogP contribution in [0.25, 0.3) is 0 Å². The number of hydrogen-bond donors (Lipinski definition) is 2. The molecule has 0 aromatic rings. The Hall–Kier alpha value is -0.120. The van der Waals surface area contributed by atoms with Gasteiger partial charge in [0, 0.05) is 12.0 Å². The van der Waals surface area contributed by atoms with Gasteiger partial charge in [-0.05, 0) is 20.3 Å². The van der Waals surface area contributed by atoms with E-state index >= 15 is 0 Å². The zero-order valence-electron chi connectivity index (χ0n) is 7.37. The molecule has 0 aliphatic carbocycles. The molecule has 0 amide bonds. The first-order chi connectivity index (χ1) is 4.93. The van der Waals surface area contributed by atoms with Crippen molar-refractivity contribution in [3.8, 4) is 0 Å². The number of aliphatic hydroxyl groups is 1. The summed E-state index contributed by atoms with van der Waals surface area (Å²) < 4.78 is 5.33. The highest BCUT2D eigenvalue weighted by Crippen LogP contribution is 2.30. The fourth-order valence-electron chi connectivity index (χ4n) is 1.40. The summed E-state index contributed by atoms with van der Waals surface area (Å²) in [4.78, 5) is 0. The number of hydrogen-bond acceptors (Lipinski definition) is 3. The van der Waals surface area contributed by atoms with E-state index in [9.17, 15) is 5.11 Å². The summed E-state index contributed by atoms with van der Waals surface area (Å²) in [6.45, 7) is 5.54. The Kier molecular flexibility index (Phi) is 2.23. The minimum Gasteiger partial charge on any atom is -0.365 e. The van der Waals surface area contributed by atoms with E-state index in [-0.39, 0.29) is 18.1 Å². The van der Waals surface area contributed by atoms with Gasteiger partial charge in [-0.2, -0.15) is 0 Å². The van der Waals surface area contributed by atoms with E-state index in [1.54, 1.807) is 6.92 Å². The second-order valence-electron chi connectivity index (χ2n) is 3.68. The van der Waals surface area contributed by atoms with Crippen molar-refractivity contribution in [2.45, 2.75) is 45.1 Å². The van der Waals surface area contributed by atoms with Crippen molar-refractivity contribution in [2.75, 3.05) is 0 Å². The molecular formula is C8H17NO2. The molecule has 3 N–H and O–H groups in total. The molecule has 0 aromatic carbocycles. The Balaban J connectivity index is 2.63. The second kappa shape index (κ2) is 2.73. The molecule has 0 saturated carbocycles. The molecule has 0 spiro atoms. The van der Waals surface area contributed by atoms with E-state index in [0.717, 1.165) is 6.42 Å². The molecule has 3 nitrogen and oxygen atoms in total. The average Bonchev–Trinajstić information content (AvgIpc) is 1.83. The normalized spacial score (nSPS) is 52.6. The van der Waals surface area contributed by atoms with Gasteiger partial charge in [0.15, 0.2) is 5.79 Å². The van der Waals surface area contributed by atoms with Gasteiger partial charge in [-0.3, -0.25) is 0 Å². The van der Waals surface area contributed by atoms with Gasteiger partial charge in [0.05, 0.1) is 6.10 Å². The zero-order chi connectivity index (χ0) is 8.65. The Morgan fingerprint density at radius 3 is 2.55 bits per heavy atom. The van der Waals surface area contributed by atoms with Crippen LogP contribution in [-0.4, -0.2) is 23.0 Å². The van der Waals surface area contributed by atoms with Crippen LogP contribution in [0.5, 0.6) is 0 Å². The van der Waals surface area contributed by atoms with Crippen LogP contribution in [0.15, 0.2) is 0 Å². The summed E-state index contributed by atoms with van der Waals surface area (Å²) in [5.74, 6) is -0.872. The first kappa shape index (κ1) is 8.97. The molecule has 1 aliphatic heterocycles. The van der Waals surface area contributed by atoms with Crippen LogP contribution in [-0.2, 0) is 4.74 Å². The van der Waals surface area contributed by atoms with Crippen LogP contribution in [0.1, 0.15) is 27.2 Å². The van der Waals surface area contributed by atoms with Gasteiger partial charge in [0.1, 0.15) is 0 Å². The van der Waals surface area contributed by atoms with E-state index in [2.05, 4.69) is 0 Å². The molecule has 0 bridgehead atoms. The predicted octanol–water partition coefficient (Wildman–Crippen LogP) is 0.467. The van der Waals surface area contributed by atoms with Crippen molar-refractivity contribution >= 4 is 0 Å². The highest BCUT2D eigenvalue weighted by molar-refractivity contribution is 4.84. The Morgan fingerprint density at radius 2 is 2.09 bits per heavy atom. The molecule has 1 aliphatic rings. The minimum atomic E-state index is -0.991. The topological polar surface area (TPSA) is 55.5 Å². The van der Waals surface area contributed by atoms with Crippen molar-refractivity contribution in [3.05, 3.63) is 0 Å². The van der Waals surface area contributed by atoms with Crippen molar-refractivity contribution in [3.63, 3.8) is 0 Å². The lowest BCUT2D eigenvalue weighted by Crippen LogP contribution is -2.52. The Labute approximate surface area is 67.5 Å². The first-order valence-corrected chi connectivity index (χ1v) is 4.09. The second-order valence-corrected chi connectivity index (χ2v) is 3.68. The lowest BCUT2D eigenvalue weighted by atomic mass is 9.89. The van der Waals surface area contributed by atoms with Gasteiger partial charge in [-0.1, -0.05) is 6.92 Å². The third-order valence-electron chi connectivity index (χ3n) is 2.57. The summed E-state index contributed by atoms with van der Waals surface area (Å²) in [5, 5.41) is 9.65. The SMILES string of the molecule is CC1C[C@H](N)[C@@H](C)OC1(C)O. The molecule has 3 heteroatoms. The maximum atomic E-state index is 9.65. The van der Waals surface area contributed by atoms with Crippen LogP contribution >= 0.6 is 0 Å². The lowest BCUT2D eigenvalue weighted by molar-refractivity contribution is -0.268. The summed E-state index contributed by atoms with van der Waals surface area (Å²) in [6.07, 6.45) is 0.787. The van der Waals surface area contributed by atoms with E-state index in [4.69, 9.17) is 10.5 Å². The van der Waals surface area contributed by atoms with Gasteiger partial charge in [-0.25, -0.2) is 0 Å². The molecule has 0 radical (unpaired) electrons. The molecule has 0 aromatic heterocycles. The number of ether oxygens (including phenoxy) is 1. The van der Waals surface area contributed by atoms with Crippen molar-refractivity contribution in [1.82, 2.24) is 0 Å². The Morgan fingerprint density at radius 1 is 1.55 bits per heavy atom. The lowest BCUT2D eigenvalue weighted by Gasteiger charge is -2.41. The number of nitrogens with two attached hydrogens (primary N) is 1. The molecule has 2 unspecified atom stereocenters. The van der Waals surface area contributed by atoms with Crippen molar-refractivity contribution in [2.24, 2.45) is 11.7 Å². The van der Waals surface area contributed by atoms with E-state index in [1.807, 2.05) is 13.8 Å². The van der Waals surface area contributed by atoms with Crippen LogP contribution < -0.4 is 5.73 Å². The molecule has 1 fully saturated rings. The van der Waals surface area contributed by atoms with Gasteiger partial charge >= 0.3 is 0 Å². The first-order valence-electron chi connectivity index (χ1n) is 4.09. The Bertz CT molecular complexity index is 147. The van der Waals surface area contributed by atoms with E-state index in [1.165, 1.54) is 0 Å². The largest absolute Gasteiger partial charge is 0.365 e. The van der Waals surface area contributed by atoms with Crippen LogP contribution in [0.2, 0.25) is 0 Å². The van der Waals surface area contributed by atoms with Gasteiger partial charge in [-0.15, -0.1) is 0 Å². The molecular weight excluding hydrogens is 142 g/mol. The predicted molar refractivity (Wildman–Crippen MR) is 42.9 cm³/mol. The molecule has 1 saturated heterocycles. The fraction of sp³-hybridized carbons (Fsp3) is 1.00. The van der Waals surface area contributed by atoms with Crippen LogP contribution in [0.4, 0.5) is 0 Å². The smallest absolute Gasteiger partial charge is 0.165 e. The van der Waals surface area contributed by atoms with Gasteiger partial charge in [0.25, 0.3) is 0 Å². The standard InChI is InChI=1S/C8H17NO2/c1-5-4-7(9)6(2)11-8(5,3)10/h5-7,10H,4,9H2,1-3H3/t5?,6-,7+,8?/m1/s1. The monoisotopic (exact) mass is 159 g/mol. The minimum absolute atomic E-state index is 0.0406. The summed E-state index contributed by atoms with van der Waals surface area (Å²) in [5.41, 5.74) is 5.75. The summed E-state index contributed by atoms with van der Waals surface area (Å²) in [6, 6.07) is 0.0604. The quantitative estimate of drug-likeness (QED) is 0.540. The highest BCUT2D eigenvalue weighted by Gasteiger charge is 2.39. The molecule has 66 valence electrons. The third kappa shape index (κ3) is 1.72. The molecule has 1 heterocycles. The maximum absolute atomic E-state index is 9.65. The van der Waals surface area contributed by atoms with Crippen LogP contribution in [0, 0.1) is 5.92 Å². The number of rotatable bonds is 0. The molecule has 4 atom stereocenters. The highest BCUT2D eigenvalue weighted by atomic mass is 16.6. The third-order valence-corrected chi connectivity index (χ3v) is 2.57.